The first kappa shape index (κ1) is 22.1. The molecule has 4 aromatic rings. The van der Waals surface area contributed by atoms with Crippen LogP contribution in [0.2, 0.25) is 0 Å². The predicted octanol–water partition coefficient (Wildman–Crippen LogP) is 3.93. The van der Waals surface area contributed by atoms with Gasteiger partial charge in [0.25, 0.3) is 0 Å². The number of ether oxygens (including phenoxy) is 1. The van der Waals surface area contributed by atoms with Crippen molar-refractivity contribution in [1.29, 1.82) is 0 Å². The van der Waals surface area contributed by atoms with Crippen LogP contribution in [0.1, 0.15) is 21.8 Å². The molecule has 0 saturated carbocycles. The number of hydrogen-bond acceptors (Lipinski definition) is 5. The number of benzene rings is 2. The molecule has 4 rings (SSSR count). The minimum absolute atomic E-state index is 0.0518. The molecule has 8 heteroatoms. The molecule has 0 aliphatic heterocycles. The highest BCUT2D eigenvalue weighted by atomic mass is 32.1. The summed E-state index contributed by atoms with van der Waals surface area (Å²) in [5.41, 5.74) is 4.11. The summed E-state index contributed by atoms with van der Waals surface area (Å²) < 4.78 is 18.3. The van der Waals surface area contributed by atoms with Gasteiger partial charge in [0.2, 0.25) is 5.91 Å². The van der Waals surface area contributed by atoms with Gasteiger partial charge in [0.15, 0.2) is 0 Å². The summed E-state index contributed by atoms with van der Waals surface area (Å²) in [7, 11) is 0. The number of fused-ring (bicyclic) bond motifs is 1. The van der Waals surface area contributed by atoms with E-state index in [4.69, 9.17) is 4.74 Å². The zero-order chi connectivity index (χ0) is 22.2. The lowest BCUT2D eigenvalue weighted by Gasteiger charge is -2.05. The maximum absolute atomic E-state index is 12.9. The van der Waals surface area contributed by atoms with Gasteiger partial charge in [-0.3, -0.25) is 4.79 Å². The summed E-state index contributed by atoms with van der Waals surface area (Å²) >= 11 is 1.57. The third kappa shape index (κ3) is 6.23. The number of carbonyl (C=O) groups is 1. The molecule has 32 heavy (non-hydrogen) atoms. The molecular weight excluding hydrogens is 427 g/mol. The van der Waals surface area contributed by atoms with Crippen LogP contribution in [0.15, 0.2) is 60.1 Å². The van der Waals surface area contributed by atoms with Gasteiger partial charge in [0.05, 0.1) is 18.8 Å². The Kier molecular flexibility index (Phi) is 7.60. The molecule has 6 nitrogen and oxygen atoms in total. The highest BCUT2D eigenvalue weighted by molar-refractivity contribution is 7.09. The van der Waals surface area contributed by atoms with Gasteiger partial charge in [-0.1, -0.05) is 30.3 Å². The van der Waals surface area contributed by atoms with Gasteiger partial charge in [0, 0.05) is 29.0 Å². The minimum atomic E-state index is -0.293. The number of nitrogens with one attached hydrogen (secondary N) is 3. The van der Waals surface area contributed by atoms with Crippen LogP contribution in [-0.4, -0.2) is 29.0 Å². The number of thiazole rings is 1. The molecule has 0 bridgehead atoms. The van der Waals surface area contributed by atoms with Crippen molar-refractivity contribution in [2.75, 3.05) is 13.2 Å². The molecule has 2 aromatic heterocycles. The predicted molar refractivity (Wildman–Crippen MR) is 124 cm³/mol. The van der Waals surface area contributed by atoms with Gasteiger partial charge >= 0.3 is 0 Å². The summed E-state index contributed by atoms with van der Waals surface area (Å²) in [6.45, 7) is 2.13. The van der Waals surface area contributed by atoms with Gasteiger partial charge in [-0.25, -0.2) is 9.37 Å². The minimum Gasteiger partial charge on any atom is -0.367 e. The van der Waals surface area contributed by atoms with Crippen molar-refractivity contribution in [3.63, 3.8) is 0 Å². The Morgan fingerprint density at radius 2 is 1.97 bits per heavy atom. The summed E-state index contributed by atoms with van der Waals surface area (Å²) in [5, 5.41) is 10.4. The molecular formula is C24H25FN4O2S. The molecule has 0 saturated heterocycles. The van der Waals surface area contributed by atoms with Crippen LogP contribution < -0.4 is 10.6 Å². The molecule has 0 fully saturated rings. The number of aromatic amines is 1. The van der Waals surface area contributed by atoms with Crippen molar-refractivity contribution >= 4 is 28.1 Å². The van der Waals surface area contributed by atoms with E-state index < -0.39 is 0 Å². The Balaban J connectivity index is 1.12. The number of rotatable bonds is 11. The summed E-state index contributed by atoms with van der Waals surface area (Å²) in [5.74, 6) is -0.503. The summed E-state index contributed by atoms with van der Waals surface area (Å²) in [4.78, 5) is 19.8. The fourth-order valence-corrected chi connectivity index (χ4v) is 4.11. The van der Waals surface area contributed by atoms with Gasteiger partial charge in [-0.15, -0.1) is 11.3 Å². The third-order valence-corrected chi connectivity index (χ3v) is 5.90. The number of H-pyrrole nitrogens is 1. The smallest absolute Gasteiger partial charge is 0.246 e. The van der Waals surface area contributed by atoms with Gasteiger partial charge < -0.3 is 20.4 Å². The molecule has 2 aromatic carbocycles. The number of aromatic nitrogens is 2. The number of nitrogens with zero attached hydrogens (tertiary/aromatic N) is 1. The molecule has 2 heterocycles. The third-order valence-electron chi connectivity index (χ3n) is 5.00. The van der Waals surface area contributed by atoms with E-state index in [-0.39, 0.29) is 24.9 Å². The Bertz CT molecular complexity index is 1160. The van der Waals surface area contributed by atoms with Crippen LogP contribution in [0.4, 0.5) is 4.39 Å². The zero-order valence-corrected chi connectivity index (χ0v) is 18.4. The number of halogens is 1. The van der Waals surface area contributed by atoms with Crippen LogP contribution in [0.5, 0.6) is 0 Å². The Morgan fingerprint density at radius 1 is 1.12 bits per heavy atom. The van der Waals surface area contributed by atoms with Crippen molar-refractivity contribution < 1.29 is 13.9 Å². The maximum Gasteiger partial charge on any atom is 0.246 e. The van der Waals surface area contributed by atoms with E-state index in [9.17, 15) is 9.18 Å². The highest BCUT2D eigenvalue weighted by Crippen LogP contribution is 2.17. The molecule has 0 aliphatic carbocycles. The summed E-state index contributed by atoms with van der Waals surface area (Å²) in [6.07, 6.45) is 3.01. The van der Waals surface area contributed by atoms with Gasteiger partial charge in [-0.2, -0.15) is 0 Å². The fraction of sp³-hybridized carbons (Fsp3) is 0.250. The van der Waals surface area contributed by atoms with E-state index in [0.717, 1.165) is 34.7 Å². The van der Waals surface area contributed by atoms with E-state index in [2.05, 4.69) is 45.0 Å². The van der Waals surface area contributed by atoms with Crippen molar-refractivity contribution in [3.05, 3.63) is 87.8 Å². The second-order valence-electron chi connectivity index (χ2n) is 7.41. The first-order chi connectivity index (χ1) is 15.7. The monoisotopic (exact) mass is 452 g/mol. The van der Waals surface area contributed by atoms with Crippen LogP contribution in [0.3, 0.4) is 0 Å². The lowest BCUT2D eigenvalue weighted by atomic mass is 10.1. The number of carbonyl (C=O) groups excluding carboxylic acids is 1. The second-order valence-corrected chi connectivity index (χ2v) is 8.36. The van der Waals surface area contributed by atoms with E-state index >= 15 is 0 Å². The van der Waals surface area contributed by atoms with E-state index in [0.29, 0.717) is 13.1 Å². The molecule has 166 valence electrons. The maximum atomic E-state index is 12.9. The Hall–Kier alpha value is -3.07. The first-order valence-electron chi connectivity index (χ1n) is 10.5. The van der Waals surface area contributed by atoms with Gasteiger partial charge in [0.1, 0.15) is 17.4 Å². The van der Waals surface area contributed by atoms with Crippen molar-refractivity contribution in [2.45, 2.75) is 26.1 Å². The van der Waals surface area contributed by atoms with Gasteiger partial charge in [-0.05, 0) is 42.3 Å². The van der Waals surface area contributed by atoms with Crippen LogP contribution >= 0.6 is 11.3 Å². The standard InChI is InChI=1S/C24H25FN4O2S/c25-19-7-5-17(6-8-19)14-31-15-23(30)28-12-20-16-32-24(29-20)13-26-10-9-18-11-27-22-4-2-1-3-21(18)22/h1-8,11,16,26-27H,9-10,12-15H2,(H,28,30). The molecule has 1 amide bonds. The van der Waals surface area contributed by atoms with E-state index in [1.54, 1.807) is 23.5 Å². The van der Waals surface area contributed by atoms with Crippen LogP contribution in [0, 0.1) is 5.82 Å². The molecule has 0 unspecified atom stereocenters. The highest BCUT2D eigenvalue weighted by Gasteiger charge is 2.07. The molecule has 0 spiro atoms. The molecule has 3 N–H and O–H groups in total. The van der Waals surface area contributed by atoms with E-state index in [1.807, 2.05) is 11.4 Å². The average Bonchev–Trinajstić information content (AvgIpc) is 3.44. The van der Waals surface area contributed by atoms with Crippen molar-refractivity contribution in [3.8, 4) is 0 Å². The average molecular weight is 453 g/mol. The lowest BCUT2D eigenvalue weighted by Crippen LogP contribution is -2.27. The molecule has 0 aliphatic rings. The number of hydrogen-bond donors (Lipinski definition) is 3. The Labute approximate surface area is 189 Å². The normalized spacial score (nSPS) is 11.2. The summed E-state index contributed by atoms with van der Waals surface area (Å²) in [6, 6.07) is 14.3. The zero-order valence-electron chi connectivity index (χ0n) is 17.6. The van der Waals surface area contributed by atoms with Crippen molar-refractivity contribution in [1.82, 2.24) is 20.6 Å². The van der Waals surface area contributed by atoms with E-state index in [1.165, 1.54) is 23.1 Å². The second kappa shape index (κ2) is 11.0. The first-order valence-corrected chi connectivity index (χ1v) is 11.3. The quantitative estimate of drug-likeness (QED) is 0.301. The number of para-hydroxylation sites is 1. The Morgan fingerprint density at radius 3 is 2.84 bits per heavy atom. The largest absolute Gasteiger partial charge is 0.367 e. The lowest BCUT2D eigenvalue weighted by molar-refractivity contribution is -0.126. The van der Waals surface area contributed by atoms with Crippen LogP contribution in [0.25, 0.3) is 10.9 Å². The van der Waals surface area contributed by atoms with Crippen LogP contribution in [-0.2, 0) is 35.6 Å². The molecule has 0 atom stereocenters. The van der Waals surface area contributed by atoms with Crippen molar-refractivity contribution in [2.24, 2.45) is 0 Å². The number of amides is 1. The molecule has 0 radical (unpaired) electrons. The topological polar surface area (TPSA) is 79.0 Å². The fourth-order valence-electron chi connectivity index (χ4n) is 3.35. The SMILES string of the molecule is O=C(COCc1ccc(F)cc1)NCc1csc(CNCCc2c[nH]c3ccccc23)n1.